The monoisotopic (exact) mass is 708 g/mol. The minimum absolute atomic E-state index is 0.0330. The Balaban J connectivity index is 2.48. The van der Waals surface area contributed by atoms with E-state index >= 15 is 0 Å². The van der Waals surface area contributed by atoms with Gasteiger partial charge in [-0.2, -0.15) is 0 Å². The average Bonchev–Trinajstić information content (AvgIpc) is 3.05. The number of nitrogens with two attached hydrogens (primary N) is 1. The fraction of sp³-hybridized carbons (Fsp3) is 0.517. The van der Waals surface area contributed by atoms with Gasteiger partial charge in [-0.3, -0.25) is 38.4 Å². The number of nitrogens with one attached hydrogen (secondary N) is 6. The standard InChI is InChI=1S/C29H43BN7O11S/c1-30-18-2-4-19(5-3-18)36-29(47)49-17-21(27(44)35-16-25(41)42)37-24(40)7-6-20(28(45)46)32-13-10-26(43)48-15-14-34-23(39)9-12-33-22(38)8-11-31/h2-5,20-21,32H,6-17,31H2,1H3,(H,33,38)(H,34,39)(H,35,44)(H,36,47)(H,37,40)(H,41,42)(H,45,46). The van der Waals surface area contributed by atoms with E-state index in [0.29, 0.717) is 17.4 Å². The van der Waals surface area contributed by atoms with Gasteiger partial charge in [0.15, 0.2) is 0 Å². The number of carbonyl (C=O) groups excluding carboxylic acids is 6. The molecule has 0 aliphatic rings. The molecule has 269 valence electrons. The summed E-state index contributed by atoms with van der Waals surface area (Å²) in [6.45, 7) is 1.28. The van der Waals surface area contributed by atoms with Crippen LogP contribution in [0, 0.1) is 0 Å². The first-order valence-electron chi connectivity index (χ1n) is 15.3. The number of benzene rings is 1. The summed E-state index contributed by atoms with van der Waals surface area (Å²) in [5, 5.41) is 32.8. The van der Waals surface area contributed by atoms with Crippen molar-refractivity contribution in [2.75, 3.05) is 50.4 Å². The summed E-state index contributed by atoms with van der Waals surface area (Å²) in [6.07, 6.45) is -0.596. The summed E-state index contributed by atoms with van der Waals surface area (Å²) in [7, 11) is 1.88. The van der Waals surface area contributed by atoms with Crippen molar-refractivity contribution in [3.8, 4) is 0 Å². The Kier molecular flexibility index (Phi) is 21.1. The van der Waals surface area contributed by atoms with Gasteiger partial charge in [-0.1, -0.05) is 36.2 Å². The van der Waals surface area contributed by atoms with Crippen LogP contribution in [0.25, 0.3) is 0 Å². The molecule has 0 saturated heterocycles. The van der Waals surface area contributed by atoms with Crippen LogP contribution in [0.5, 0.6) is 0 Å². The lowest BCUT2D eigenvalue weighted by molar-refractivity contribution is -0.145. The molecule has 1 radical (unpaired) electrons. The number of rotatable bonds is 24. The molecule has 1 aromatic rings. The summed E-state index contributed by atoms with van der Waals surface area (Å²) in [6, 6.07) is 4.40. The zero-order chi connectivity index (χ0) is 36.6. The molecule has 0 heterocycles. The zero-order valence-corrected chi connectivity index (χ0v) is 27.9. The van der Waals surface area contributed by atoms with Crippen LogP contribution < -0.4 is 43.1 Å². The molecular formula is C29H43BN7O11S. The second-order valence-corrected chi connectivity index (χ2v) is 11.2. The first-order valence-corrected chi connectivity index (χ1v) is 16.3. The first-order chi connectivity index (χ1) is 23.3. The molecule has 20 heteroatoms. The number of carboxylic acid groups (broad SMARTS) is 2. The highest BCUT2D eigenvalue weighted by molar-refractivity contribution is 8.13. The number of carbonyl (C=O) groups is 8. The van der Waals surface area contributed by atoms with Crippen LogP contribution in [0.1, 0.15) is 32.1 Å². The molecular weight excluding hydrogens is 665 g/mol. The van der Waals surface area contributed by atoms with Gasteiger partial charge >= 0.3 is 17.9 Å². The van der Waals surface area contributed by atoms with Crippen molar-refractivity contribution in [1.29, 1.82) is 0 Å². The highest BCUT2D eigenvalue weighted by atomic mass is 32.2. The van der Waals surface area contributed by atoms with Crippen LogP contribution >= 0.6 is 11.8 Å². The van der Waals surface area contributed by atoms with Crippen LogP contribution in [0.4, 0.5) is 10.5 Å². The number of hydrogen-bond donors (Lipinski definition) is 9. The second kappa shape index (κ2) is 24.5. The van der Waals surface area contributed by atoms with Crippen molar-refractivity contribution in [2.45, 2.75) is 51.0 Å². The van der Waals surface area contributed by atoms with Gasteiger partial charge in [0, 0.05) is 50.3 Å². The van der Waals surface area contributed by atoms with Gasteiger partial charge in [0.25, 0.3) is 5.24 Å². The van der Waals surface area contributed by atoms with Gasteiger partial charge in [-0.05, 0) is 18.6 Å². The Hall–Kier alpha value is -4.69. The summed E-state index contributed by atoms with van der Waals surface area (Å²) < 4.78 is 5.00. The minimum atomic E-state index is -1.32. The van der Waals surface area contributed by atoms with E-state index in [1.165, 1.54) is 0 Å². The Morgan fingerprint density at radius 1 is 0.837 bits per heavy atom. The van der Waals surface area contributed by atoms with E-state index in [2.05, 4.69) is 31.9 Å². The molecule has 1 aromatic carbocycles. The predicted molar refractivity (Wildman–Crippen MR) is 180 cm³/mol. The number of amides is 5. The molecule has 0 spiro atoms. The van der Waals surface area contributed by atoms with E-state index in [1.807, 2.05) is 14.1 Å². The number of ether oxygens (including phenoxy) is 1. The third kappa shape index (κ3) is 20.3. The zero-order valence-electron chi connectivity index (χ0n) is 27.1. The molecule has 0 bridgehead atoms. The van der Waals surface area contributed by atoms with Gasteiger partial charge in [0.05, 0.1) is 13.0 Å². The topological polar surface area (TPSA) is 284 Å². The van der Waals surface area contributed by atoms with Crippen molar-refractivity contribution < 1.29 is 53.3 Å². The molecule has 18 nitrogen and oxygen atoms in total. The highest BCUT2D eigenvalue weighted by Gasteiger charge is 2.25. The van der Waals surface area contributed by atoms with Crippen LogP contribution in [-0.2, 0) is 38.3 Å². The van der Waals surface area contributed by atoms with Crippen molar-refractivity contribution in [2.24, 2.45) is 5.73 Å². The molecule has 0 aliphatic carbocycles. The molecule has 10 N–H and O–H groups in total. The number of hydrogen-bond acceptors (Lipinski definition) is 12. The molecule has 49 heavy (non-hydrogen) atoms. The van der Waals surface area contributed by atoms with Crippen LogP contribution in [0.2, 0.25) is 6.82 Å². The third-order valence-electron chi connectivity index (χ3n) is 6.35. The smallest absolute Gasteiger partial charge is 0.322 e. The Labute approximate surface area is 288 Å². The Morgan fingerprint density at radius 2 is 1.51 bits per heavy atom. The summed E-state index contributed by atoms with van der Waals surface area (Å²) in [4.78, 5) is 95.3. The fourth-order valence-corrected chi connectivity index (χ4v) is 4.54. The highest BCUT2D eigenvalue weighted by Crippen LogP contribution is 2.12. The van der Waals surface area contributed by atoms with Gasteiger partial charge in [-0.15, -0.1) is 0 Å². The van der Waals surface area contributed by atoms with E-state index in [-0.39, 0.29) is 82.5 Å². The largest absolute Gasteiger partial charge is 0.480 e. The van der Waals surface area contributed by atoms with E-state index in [9.17, 15) is 43.5 Å². The maximum atomic E-state index is 12.6. The molecule has 0 aromatic heterocycles. The average molecular weight is 709 g/mol. The number of esters is 1. The Bertz CT molecular complexity index is 1290. The van der Waals surface area contributed by atoms with E-state index in [0.717, 1.165) is 5.46 Å². The molecule has 2 atom stereocenters. The second-order valence-electron chi connectivity index (χ2n) is 10.2. The molecule has 0 saturated carbocycles. The van der Waals surface area contributed by atoms with Crippen molar-refractivity contribution in [3.63, 3.8) is 0 Å². The number of anilines is 1. The minimum Gasteiger partial charge on any atom is -0.480 e. The maximum Gasteiger partial charge on any atom is 0.322 e. The van der Waals surface area contributed by atoms with Crippen molar-refractivity contribution >= 4 is 77.0 Å². The summed E-state index contributed by atoms with van der Waals surface area (Å²) >= 11 is 0.682. The number of thioether (sulfide) groups is 1. The lowest BCUT2D eigenvalue weighted by atomic mass is 9.73. The number of carboxylic acids is 2. The Morgan fingerprint density at radius 3 is 2.14 bits per heavy atom. The molecule has 0 fully saturated rings. The normalized spacial score (nSPS) is 11.6. The van der Waals surface area contributed by atoms with Gasteiger partial charge in [-0.25, -0.2) is 0 Å². The molecule has 1 rings (SSSR count). The lowest BCUT2D eigenvalue weighted by Gasteiger charge is -2.19. The van der Waals surface area contributed by atoms with Crippen LogP contribution in [0.15, 0.2) is 24.3 Å². The van der Waals surface area contributed by atoms with E-state index < -0.39 is 53.6 Å². The van der Waals surface area contributed by atoms with Gasteiger partial charge < -0.3 is 52.6 Å². The quantitative estimate of drug-likeness (QED) is 0.0312. The van der Waals surface area contributed by atoms with Crippen molar-refractivity contribution in [1.82, 2.24) is 26.6 Å². The van der Waals surface area contributed by atoms with Gasteiger partial charge in [0.2, 0.25) is 23.6 Å². The molecule has 5 amide bonds. The number of aliphatic carboxylic acids is 2. The van der Waals surface area contributed by atoms with Crippen LogP contribution in [-0.4, -0.2) is 121 Å². The molecule has 0 aliphatic heterocycles. The maximum absolute atomic E-state index is 12.6. The first kappa shape index (κ1) is 42.3. The third-order valence-corrected chi connectivity index (χ3v) is 7.21. The van der Waals surface area contributed by atoms with Gasteiger partial charge in [0.1, 0.15) is 32.5 Å². The van der Waals surface area contributed by atoms with Crippen molar-refractivity contribution in [3.05, 3.63) is 24.3 Å². The SMILES string of the molecule is C[B]c1ccc(NC(=O)SCC(NC(=O)CCC(NCCC(=O)OCCNC(=O)CCNC(=O)CCN)C(=O)O)C(=O)NCC(=O)O)cc1. The van der Waals surface area contributed by atoms with E-state index in [1.54, 1.807) is 24.3 Å². The predicted octanol–water partition coefficient (Wildman–Crippen LogP) is -2.26. The van der Waals surface area contributed by atoms with Crippen LogP contribution in [0.3, 0.4) is 0 Å². The fourth-order valence-electron chi connectivity index (χ4n) is 3.79. The lowest BCUT2D eigenvalue weighted by Crippen LogP contribution is -2.50. The van der Waals surface area contributed by atoms with E-state index in [4.69, 9.17) is 15.6 Å². The molecule has 2 unspecified atom stereocenters. The summed E-state index contributed by atoms with van der Waals surface area (Å²) in [5.41, 5.74) is 6.71. The summed E-state index contributed by atoms with van der Waals surface area (Å²) in [5.74, 6) is -5.72.